The van der Waals surface area contributed by atoms with Gasteiger partial charge in [0.2, 0.25) is 5.89 Å². The zero-order valence-corrected chi connectivity index (χ0v) is 13.2. The number of nitrogens with zero attached hydrogens (tertiary/aromatic N) is 2. The van der Waals surface area contributed by atoms with Crippen LogP contribution in [0.1, 0.15) is 27.6 Å². The van der Waals surface area contributed by atoms with Crippen LogP contribution in [0.3, 0.4) is 0 Å². The van der Waals surface area contributed by atoms with E-state index in [9.17, 15) is 4.79 Å². The monoisotopic (exact) mass is 327 g/mol. The van der Waals surface area contributed by atoms with E-state index < -0.39 is 0 Å². The van der Waals surface area contributed by atoms with E-state index in [-0.39, 0.29) is 5.91 Å². The molecule has 0 radical (unpaired) electrons. The van der Waals surface area contributed by atoms with Crippen LogP contribution in [0.15, 0.2) is 53.1 Å². The number of amides is 1. The number of aryl methyl sites for hydroxylation is 1. The van der Waals surface area contributed by atoms with Crippen LogP contribution < -0.4 is 5.32 Å². The van der Waals surface area contributed by atoms with Gasteiger partial charge in [-0.1, -0.05) is 41.0 Å². The van der Waals surface area contributed by atoms with Crippen LogP contribution in [-0.2, 0) is 6.42 Å². The highest BCUT2D eigenvalue weighted by Crippen LogP contribution is 2.20. The van der Waals surface area contributed by atoms with E-state index in [0.29, 0.717) is 34.4 Å². The minimum atomic E-state index is -0.221. The van der Waals surface area contributed by atoms with Gasteiger partial charge >= 0.3 is 0 Å². The molecule has 0 aliphatic carbocycles. The van der Waals surface area contributed by atoms with Gasteiger partial charge in [-0.15, -0.1) is 0 Å². The van der Waals surface area contributed by atoms with Crippen molar-refractivity contribution in [1.29, 1.82) is 0 Å². The zero-order valence-electron chi connectivity index (χ0n) is 12.4. The van der Waals surface area contributed by atoms with Gasteiger partial charge in [-0.05, 0) is 36.8 Å². The molecule has 0 spiro atoms. The van der Waals surface area contributed by atoms with Crippen LogP contribution in [-0.4, -0.2) is 16.0 Å². The number of carbonyl (C=O) groups is 1. The number of para-hydroxylation sites is 1. The Hall–Kier alpha value is -2.66. The minimum absolute atomic E-state index is 0.221. The second kappa shape index (κ2) is 6.62. The topological polar surface area (TPSA) is 68.0 Å². The van der Waals surface area contributed by atoms with Crippen molar-refractivity contribution in [1.82, 2.24) is 10.1 Å². The molecular weight excluding hydrogens is 314 g/mol. The smallest absolute Gasteiger partial charge is 0.255 e. The van der Waals surface area contributed by atoms with Crippen LogP contribution >= 0.6 is 11.6 Å². The summed E-state index contributed by atoms with van der Waals surface area (Å²) >= 11 is 5.93. The largest absolute Gasteiger partial charge is 0.339 e. The van der Waals surface area contributed by atoms with Crippen molar-refractivity contribution < 1.29 is 9.32 Å². The lowest BCUT2D eigenvalue weighted by atomic mass is 10.1. The second-order valence-corrected chi connectivity index (χ2v) is 5.47. The lowest BCUT2D eigenvalue weighted by molar-refractivity contribution is 0.102. The molecule has 1 N–H and O–H groups in total. The average molecular weight is 328 g/mol. The predicted molar refractivity (Wildman–Crippen MR) is 87.7 cm³/mol. The molecule has 0 fully saturated rings. The molecule has 1 aromatic heterocycles. The molecule has 5 nitrogen and oxygen atoms in total. The molecule has 1 amide bonds. The van der Waals surface area contributed by atoms with Gasteiger partial charge in [-0.25, -0.2) is 0 Å². The van der Waals surface area contributed by atoms with Crippen LogP contribution in [0, 0.1) is 6.92 Å². The van der Waals surface area contributed by atoms with E-state index >= 15 is 0 Å². The van der Waals surface area contributed by atoms with E-state index in [1.54, 1.807) is 31.2 Å². The summed E-state index contributed by atoms with van der Waals surface area (Å²) in [4.78, 5) is 16.5. The van der Waals surface area contributed by atoms with Crippen molar-refractivity contribution in [3.63, 3.8) is 0 Å². The first-order valence-electron chi connectivity index (χ1n) is 7.06. The fraction of sp³-hybridized carbons (Fsp3) is 0.118. The highest BCUT2D eigenvalue weighted by Gasteiger charge is 2.12. The third kappa shape index (κ3) is 3.76. The fourth-order valence-electron chi connectivity index (χ4n) is 2.20. The third-order valence-corrected chi connectivity index (χ3v) is 3.50. The molecule has 3 rings (SSSR count). The van der Waals surface area contributed by atoms with Gasteiger partial charge in [0.1, 0.15) is 0 Å². The van der Waals surface area contributed by atoms with Gasteiger partial charge < -0.3 is 9.84 Å². The Kier molecular flexibility index (Phi) is 4.39. The molecule has 0 bridgehead atoms. The standard InChI is InChI=1S/C17H14ClN3O2/c1-11-19-16(23-21-11)10-12-5-2-3-8-15(12)20-17(22)13-6-4-7-14(18)9-13/h2-9H,10H2,1H3,(H,20,22). The van der Waals surface area contributed by atoms with Crippen molar-refractivity contribution in [2.75, 3.05) is 5.32 Å². The van der Waals surface area contributed by atoms with Gasteiger partial charge in [0.05, 0.1) is 6.42 Å². The maximum atomic E-state index is 12.4. The highest BCUT2D eigenvalue weighted by atomic mass is 35.5. The SMILES string of the molecule is Cc1noc(Cc2ccccc2NC(=O)c2cccc(Cl)c2)n1. The third-order valence-electron chi connectivity index (χ3n) is 3.26. The fourth-order valence-corrected chi connectivity index (χ4v) is 2.39. The van der Waals surface area contributed by atoms with Crippen molar-refractivity contribution in [3.8, 4) is 0 Å². The summed E-state index contributed by atoms with van der Waals surface area (Å²) in [6.45, 7) is 1.76. The number of anilines is 1. The van der Waals surface area contributed by atoms with Gasteiger partial charge in [-0.2, -0.15) is 4.98 Å². The number of hydrogen-bond acceptors (Lipinski definition) is 4. The Bertz CT molecular complexity index is 845. The zero-order chi connectivity index (χ0) is 16.2. The molecule has 0 aliphatic heterocycles. The lowest BCUT2D eigenvalue weighted by Crippen LogP contribution is -2.13. The molecule has 0 aliphatic rings. The van der Waals surface area contributed by atoms with Gasteiger partial charge in [-0.3, -0.25) is 4.79 Å². The van der Waals surface area contributed by atoms with Crippen LogP contribution in [0.4, 0.5) is 5.69 Å². The normalized spacial score (nSPS) is 10.5. The van der Waals surface area contributed by atoms with Gasteiger partial charge in [0, 0.05) is 16.3 Å². The van der Waals surface area contributed by atoms with Crippen molar-refractivity contribution in [2.24, 2.45) is 0 Å². The number of rotatable bonds is 4. The number of aromatic nitrogens is 2. The Balaban J connectivity index is 1.81. The Morgan fingerprint density at radius 2 is 2.04 bits per heavy atom. The molecule has 0 atom stereocenters. The summed E-state index contributed by atoms with van der Waals surface area (Å²) < 4.78 is 5.14. The minimum Gasteiger partial charge on any atom is -0.339 e. The second-order valence-electron chi connectivity index (χ2n) is 5.03. The number of halogens is 1. The van der Waals surface area contributed by atoms with Crippen LogP contribution in [0.2, 0.25) is 5.02 Å². The molecular formula is C17H14ClN3O2. The van der Waals surface area contributed by atoms with Crippen molar-refractivity contribution in [3.05, 3.63) is 76.4 Å². The first-order chi connectivity index (χ1) is 11.1. The number of carbonyl (C=O) groups excluding carboxylic acids is 1. The van der Waals surface area contributed by atoms with E-state index in [0.717, 1.165) is 5.56 Å². The summed E-state index contributed by atoms with van der Waals surface area (Å²) in [5, 5.41) is 7.19. The molecule has 0 saturated heterocycles. The van der Waals surface area contributed by atoms with Crippen LogP contribution in [0.5, 0.6) is 0 Å². The summed E-state index contributed by atoms with van der Waals surface area (Å²) in [7, 11) is 0. The van der Waals surface area contributed by atoms with E-state index in [1.807, 2.05) is 24.3 Å². The number of hydrogen-bond donors (Lipinski definition) is 1. The van der Waals surface area contributed by atoms with E-state index in [4.69, 9.17) is 16.1 Å². The molecule has 0 saturated carbocycles. The van der Waals surface area contributed by atoms with Crippen molar-refractivity contribution in [2.45, 2.75) is 13.3 Å². The lowest BCUT2D eigenvalue weighted by Gasteiger charge is -2.10. The summed E-state index contributed by atoms with van der Waals surface area (Å²) in [5.41, 5.74) is 2.10. The van der Waals surface area contributed by atoms with Gasteiger partial charge in [0.25, 0.3) is 5.91 Å². The molecule has 6 heteroatoms. The molecule has 116 valence electrons. The maximum Gasteiger partial charge on any atom is 0.255 e. The number of benzene rings is 2. The summed E-state index contributed by atoms with van der Waals surface area (Å²) in [6.07, 6.45) is 0.451. The molecule has 0 unspecified atom stereocenters. The van der Waals surface area contributed by atoms with Crippen LogP contribution in [0.25, 0.3) is 0 Å². The molecule has 3 aromatic rings. The van der Waals surface area contributed by atoms with Gasteiger partial charge in [0.15, 0.2) is 5.82 Å². The Morgan fingerprint density at radius 3 is 2.78 bits per heavy atom. The Labute approximate surface area is 138 Å². The number of nitrogens with one attached hydrogen (secondary N) is 1. The Morgan fingerprint density at radius 1 is 1.22 bits per heavy atom. The quantitative estimate of drug-likeness (QED) is 0.789. The first kappa shape index (κ1) is 15.2. The molecule has 1 heterocycles. The van der Waals surface area contributed by atoms with E-state index in [2.05, 4.69) is 15.5 Å². The molecule has 23 heavy (non-hydrogen) atoms. The highest BCUT2D eigenvalue weighted by molar-refractivity contribution is 6.31. The average Bonchev–Trinajstić information content (AvgIpc) is 2.94. The predicted octanol–water partition coefficient (Wildman–Crippen LogP) is 3.87. The maximum absolute atomic E-state index is 12.4. The summed E-state index contributed by atoms with van der Waals surface area (Å²) in [5.74, 6) is 0.869. The molecule has 2 aromatic carbocycles. The summed E-state index contributed by atoms with van der Waals surface area (Å²) in [6, 6.07) is 14.3. The van der Waals surface area contributed by atoms with E-state index in [1.165, 1.54) is 0 Å². The first-order valence-corrected chi connectivity index (χ1v) is 7.43. The van der Waals surface area contributed by atoms with Crippen molar-refractivity contribution >= 4 is 23.2 Å².